The fourth-order valence-electron chi connectivity index (χ4n) is 2.54. The molecule has 1 nitrogen and oxygen atoms in total. The zero-order chi connectivity index (χ0) is 12.4. The molecule has 90 valence electrons. The molecule has 0 aliphatic heterocycles. The maximum atomic E-state index is 5.60. The molecule has 0 N–H and O–H groups in total. The number of hydrogen-bond acceptors (Lipinski definition) is 1. The van der Waals surface area contributed by atoms with E-state index in [-0.39, 0.29) is 5.92 Å². The van der Waals surface area contributed by atoms with Crippen molar-refractivity contribution in [2.45, 2.75) is 11.8 Å². The lowest BCUT2D eigenvalue weighted by Gasteiger charge is -2.18. The third-order valence-corrected chi connectivity index (χ3v) is 3.54. The Morgan fingerprint density at radius 3 is 2.06 bits per heavy atom. The highest BCUT2D eigenvalue weighted by atomic mass is 35.5. The van der Waals surface area contributed by atoms with Crippen molar-refractivity contribution in [1.82, 2.24) is 0 Å². The van der Waals surface area contributed by atoms with Gasteiger partial charge in [0.15, 0.2) is 5.75 Å². The molecule has 0 aromatic heterocycles. The summed E-state index contributed by atoms with van der Waals surface area (Å²) in [6.07, 6.45) is 16.9. The van der Waals surface area contributed by atoms with Gasteiger partial charge in [0.25, 0.3) is 0 Å². The van der Waals surface area contributed by atoms with Crippen LogP contribution < -0.4 is 4.29 Å². The fraction of sp³-hybridized carbons (Fsp3) is 0.125. The van der Waals surface area contributed by atoms with Crippen LogP contribution in [0, 0.1) is 0 Å². The van der Waals surface area contributed by atoms with Crippen molar-refractivity contribution in [2.75, 3.05) is 0 Å². The molecule has 0 spiro atoms. The number of allylic oxidation sites excluding steroid dienone is 8. The molecule has 0 amide bonds. The molecule has 0 radical (unpaired) electrons. The van der Waals surface area contributed by atoms with Gasteiger partial charge in [-0.15, -0.1) is 0 Å². The second kappa shape index (κ2) is 4.87. The second-order valence-electron chi connectivity index (χ2n) is 4.43. The van der Waals surface area contributed by atoms with Crippen molar-refractivity contribution in [1.29, 1.82) is 0 Å². The summed E-state index contributed by atoms with van der Waals surface area (Å²) in [4.78, 5) is 0. The van der Waals surface area contributed by atoms with Crippen LogP contribution in [0.4, 0.5) is 0 Å². The molecule has 0 saturated heterocycles. The molecule has 2 heteroatoms. The van der Waals surface area contributed by atoms with Crippen molar-refractivity contribution in [3.63, 3.8) is 0 Å². The summed E-state index contributed by atoms with van der Waals surface area (Å²) in [7, 11) is 0. The molecule has 0 saturated carbocycles. The van der Waals surface area contributed by atoms with Crippen molar-refractivity contribution in [2.24, 2.45) is 0 Å². The summed E-state index contributed by atoms with van der Waals surface area (Å²) < 4.78 is 5.01. The smallest absolute Gasteiger partial charge is 0.150 e. The Labute approximate surface area is 112 Å². The maximum absolute atomic E-state index is 5.60. The number of rotatable bonds is 3. The number of benzene rings is 1. The van der Waals surface area contributed by atoms with Gasteiger partial charge in [-0.05, 0) is 11.6 Å². The number of halogens is 1. The average molecular weight is 257 g/mol. The van der Waals surface area contributed by atoms with Gasteiger partial charge in [0.2, 0.25) is 0 Å². The summed E-state index contributed by atoms with van der Waals surface area (Å²) in [5.74, 6) is 1.30. The first kappa shape index (κ1) is 11.4. The topological polar surface area (TPSA) is 9.23 Å². The Hall–Kier alpha value is -1.73. The van der Waals surface area contributed by atoms with Gasteiger partial charge < -0.3 is 4.29 Å². The van der Waals surface area contributed by atoms with Crippen LogP contribution in [0.1, 0.15) is 23.0 Å². The molecule has 18 heavy (non-hydrogen) atoms. The molecule has 1 aromatic carbocycles. The van der Waals surface area contributed by atoms with E-state index in [1.54, 1.807) is 0 Å². The minimum atomic E-state index is 0.248. The summed E-state index contributed by atoms with van der Waals surface area (Å²) in [5.41, 5.74) is 2.40. The van der Waals surface area contributed by atoms with Crippen LogP contribution in [-0.4, -0.2) is 0 Å². The predicted molar refractivity (Wildman–Crippen MR) is 75.0 cm³/mol. The van der Waals surface area contributed by atoms with Crippen LogP contribution in [0.3, 0.4) is 0 Å². The lowest BCUT2D eigenvalue weighted by molar-refractivity contribution is 0.605. The minimum Gasteiger partial charge on any atom is -0.385 e. The fourth-order valence-corrected chi connectivity index (χ4v) is 2.67. The van der Waals surface area contributed by atoms with E-state index in [1.807, 2.05) is 12.1 Å². The molecule has 0 heterocycles. The first-order valence-corrected chi connectivity index (χ1v) is 6.32. The average Bonchev–Trinajstić information content (AvgIpc) is 3.10. The van der Waals surface area contributed by atoms with Crippen LogP contribution >= 0.6 is 11.9 Å². The Balaban J connectivity index is 2.12. The molecule has 0 unspecified atom stereocenters. The van der Waals surface area contributed by atoms with Crippen LogP contribution in [0.5, 0.6) is 5.75 Å². The maximum Gasteiger partial charge on any atom is 0.150 e. The van der Waals surface area contributed by atoms with Gasteiger partial charge in [-0.1, -0.05) is 60.7 Å². The highest BCUT2D eigenvalue weighted by Crippen LogP contribution is 2.39. The van der Waals surface area contributed by atoms with E-state index in [2.05, 4.69) is 54.7 Å². The normalized spacial score (nSPS) is 18.1. The van der Waals surface area contributed by atoms with Crippen LogP contribution in [0.25, 0.3) is 0 Å². The van der Waals surface area contributed by atoms with Crippen molar-refractivity contribution >= 4 is 11.9 Å². The first-order chi connectivity index (χ1) is 8.90. The van der Waals surface area contributed by atoms with E-state index in [0.29, 0.717) is 5.92 Å². The molecule has 0 atom stereocenters. The van der Waals surface area contributed by atoms with Crippen molar-refractivity contribution < 1.29 is 4.29 Å². The van der Waals surface area contributed by atoms with Crippen LogP contribution in [0.2, 0.25) is 0 Å². The van der Waals surface area contributed by atoms with Crippen LogP contribution in [-0.2, 0) is 0 Å². The summed E-state index contributed by atoms with van der Waals surface area (Å²) in [5, 5.41) is 0. The van der Waals surface area contributed by atoms with E-state index in [9.17, 15) is 0 Å². The Morgan fingerprint density at radius 2 is 1.44 bits per heavy atom. The molecular weight excluding hydrogens is 244 g/mol. The SMILES string of the molecule is ClOc1cccc(C2C=CC=C2)c1C1C=CC=C1. The van der Waals surface area contributed by atoms with Crippen molar-refractivity contribution in [3.8, 4) is 5.75 Å². The molecular formula is C16H13ClO. The first-order valence-electron chi connectivity index (χ1n) is 6.01. The summed E-state index contributed by atoms with van der Waals surface area (Å²) in [6, 6.07) is 6.03. The molecule has 1 aromatic rings. The Kier molecular flexibility index (Phi) is 3.07. The van der Waals surface area contributed by atoms with E-state index in [0.717, 1.165) is 11.3 Å². The Morgan fingerprint density at radius 1 is 0.833 bits per heavy atom. The monoisotopic (exact) mass is 256 g/mol. The zero-order valence-corrected chi connectivity index (χ0v) is 10.5. The van der Waals surface area contributed by atoms with Crippen molar-refractivity contribution in [3.05, 3.63) is 77.9 Å². The van der Waals surface area contributed by atoms with Crippen LogP contribution in [0.15, 0.2) is 66.8 Å². The molecule has 3 rings (SSSR count). The van der Waals surface area contributed by atoms with Gasteiger partial charge >= 0.3 is 0 Å². The van der Waals surface area contributed by atoms with E-state index < -0.39 is 0 Å². The molecule has 2 aliphatic rings. The second-order valence-corrected chi connectivity index (χ2v) is 4.58. The van der Waals surface area contributed by atoms with E-state index in [4.69, 9.17) is 16.2 Å². The molecule has 0 bridgehead atoms. The highest BCUT2D eigenvalue weighted by Gasteiger charge is 2.21. The predicted octanol–water partition coefficient (Wildman–Crippen LogP) is 4.64. The lowest BCUT2D eigenvalue weighted by Crippen LogP contribution is -2.02. The van der Waals surface area contributed by atoms with Gasteiger partial charge in [-0.2, -0.15) is 0 Å². The highest BCUT2D eigenvalue weighted by molar-refractivity contribution is 6.09. The Bertz CT molecular complexity index is 542. The largest absolute Gasteiger partial charge is 0.385 e. The standard InChI is InChI=1S/C16H13ClO/c17-18-15-11-5-10-14(12-6-1-2-7-12)16(15)13-8-3-4-9-13/h1-13H. The van der Waals surface area contributed by atoms with Gasteiger partial charge in [0.1, 0.15) is 11.9 Å². The van der Waals surface area contributed by atoms with Gasteiger partial charge in [0, 0.05) is 17.4 Å². The summed E-state index contributed by atoms with van der Waals surface area (Å²) in [6.45, 7) is 0. The van der Waals surface area contributed by atoms with E-state index >= 15 is 0 Å². The quantitative estimate of drug-likeness (QED) is 0.766. The minimum absolute atomic E-state index is 0.248. The number of hydrogen-bond donors (Lipinski definition) is 0. The zero-order valence-electron chi connectivity index (χ0n) is 9.79. The van der Waals surface area contributed by atoms with Gasteiger partial charge in [-0.25, -0.2) is 0 Å². The molecule has 2 aliphatic carbocycles. The molecule has 0 fully saturated rings. The van der Waals surface area contributed by atoms with Gasteiger partial charge in [0.05, 0.1) is 0 Å². The third-order valence-electron chi connectivity index (χ3n) is 3.37. The third kappa shape index (κ3) is 1.91. The van der Waals surface area contributed by atoms with Gasteiger partial charge in [-0.3, -0.25) is 0 Å². The van der Waals surface area contributed by atoms with E-state index in [1.165, 1.54) is 5.56 Å². The summed E-state index contributed by atoms with van der Waals surface area (Å²) >= 11 is 5.60. The lowest BCUT2D eigenvalue weighted by atomic mass is 9.88.